The molecule has 0 aromatic carbocycles. The van der Waals surface area contributed by atoms with Gasteiger partial charge in [0.05, 0.1) is 0 Å². The molecule has 1 unspecified atom stereocenters. The number of anilines is 1. The van der Waals surface area contributed by atoms with Gasteiger partial charge in [0.25, 0.3) is 0 Å². The minimum Gasteiger partial charge on any atom is -0.359 e. The van der Waals surface area contributed by atoms with Crippen LogP contribution < -0.4 is 10.6 Å². The summed E-state index contributed by atoms with van der Waals surface area (Å²) in [7, 11) is 0. The van der Waals surface area contributed by atoms with Gasteiger partial charge in [-0.15, -0.1) is 0 Å². The van der Waals surface area contributed by atoms with Crippen LogP contribution in [0.5, 0.6) is 0 Å². The van der Waals surface area contributed by atoms with Gasteiger partial charge in [0.15, 0.2) is 0 Å². The van der Waals surface area contributed by atoms with Crippen molar-refractivity contribution in [1.29, 1.82) is 0 Å². The predicted molar refractivity (Wildman–Crippen MR) is 69.9 cm³/mol. The number of nitrogens with zero attached hydrogens (tertiary/aromatic N) is 1. The second-order valence-corrected chi connectivity index (χ2v) is 4.73. The second kappa shape index (κ2) is 6.23. The fraction of sp³-hybridized carbons (Fsp3) is 0.538. The molecule has 1 amide bonds. The van der Waals surface area contributed by atoms with Crippen molar-refractivity contribution in [1.82, 2.24) is 10.3 Å². The largest absolute Gasteiger partial charge is 0.359 e. The zero-order valence-corrected chi connectivity index (χ0v) is 10.9. The Morgan fingerprint density at radius 2 is 2.06 bits per heavy atom. The van der Waals surface area contributed by atoms with E-state index < -0.39 is 0 Å². The van der Waals surface area contributed by atoms with Crippen LogP contribution in [0.25, 0.3) is 0 Å². The van der Waals surface area contributed by atoms with Crippen LogP contribution in [-0.2, 0) is 4.79 Å². The van der Waals surface area contributed by atoms with Gasteiger partial charge in [0.1, 0.15) is 11.9 Å². The molecule has 1 rings (SSSR count). The average Bonchev–Trinajstić information content (AvgIpc) is 2.28. The number of amides is 1. The number of aromatic nitrogens is 1. The molecule has 2 N–H and O–H groups in total. The summed E-state index contributed by atoms with van der Waals surface area (Å²) in [5, 5.41) is 5.95. The fourth-order valence-corrected chi connectivity index (χ4v) is 1.30. The van der Waals surface area contributed by atoms with Gasteiger partial charge in [-0.2, -0.15) is 0 Å². The van der Waals surface area contributed by atoms with Crippen molar-refractivity contribution >= 4 is 11.7 Å². The highest BCUT2D eigenvalue weighted by Crippen LogP contribution is 2.05. The predicted octanol–water partition coefficient (Wildman–Crippen LogP) is 1.96. The molecule has 1 heterocycles. The molecule has 0 saturated carbocycles. The minimum atomic E-state index is -0.274. The lowest BCUT2D eigenvalue weighted by atomic mass is 10.2. The van der Waals surface area contributed by atoms with Gasteiger partial charge in [-0.3, -0.25) is 4.79 Å². The average molecular weight is 235 g/mol. The molecule has 1 aromatic heterocycles. The first-order chi connectivity index (χ1) is 7.99. The van der Waals surface area contributed by atoms with Crippen molar-refractivity contribution in [3.8, 4) is 0 Å². The van der Waals surface area contributed by atoms with Crippen LogP contribution in [-0.4, -0.2) is 23.5 Å². The second-order valence-electron chi connectivity index (χ2n) is 4.73. The van der Waals surface area contributed by atoms with Crippen LogP contribution in [0, 0.1) is 12.8 Å². The maximum atomic E-state index is 11.7. The van der Waals surface area contributed by atoms with Crippen molar-refractivity contribution in [2.75, 3.05) is 11.9 Å². The zero-order chi connectivity index (χ0) is 12.8. The van der Waals surface area contributed by atoms with Gasteiger partial charge in [0, 0.05) is 12.7 Å². The highest BCUT2D eigenvalue weighted by molar-refractivity contribution is 5.83. The zero-order valence-electron chi connectivity index (χ0n) is 10.9. The molecule has 0 fully saturated rings. The Morgan fingerprint density at radius 1 is 1.35 bits per heavy atom. The molecule has 0 aliphatic rings. The van der Waals surface area contributed by atoms with Crippen molar-refractivity contribution in [2.24, 2.45) is 5.92 Å². The SMILES string of the molecule is Cc1ccc(NC(C)C(=O)NCC(C)C)nc1. The molecule has 0 radical (unpaired) electrons. The lowest BCUT2D eigenvalue weighted by Crippen LogP contribution is -2.39. The first-order valence-corrected chi connectivity index (χ1v) is 5.96. The van der Waals surface area contributed by atoms with E-state index >= 15 is 0 Å². The van der Waals surface area contributed by atoms with E-state index in [4.69, 9.17) is 0 Å². The summed E-state index contributed by atoms with van der Waals surface area (Å²) in [4.78, 5) is 15.9. The third kappa shape index (κ3) is 4.85. The van der Waals surface area contributed by atoms with Crippen molar-refractivity contribution < 1.29 is 4.79 Å². The van der Waals surface area contributed by atoms with Gasteiger partial charge in [0.2, 0.25) is 5.91 Å². The van der Waals surface area contributed by atoms with E-state index in [2.05, 4.69) is 29.5 Å². The van der Waals surface area contributed by atoms with Crippen LogP contribution in [0.2, 0.25) is 0 Å². The van der Waals surface area contributed by atoms with E-state index in [1.165, 1.54) is 0 Å². The van der Waals surface area contributed by atoms with Gasteiger partial charge in [-0.25, -0.2) is 4.98 Å². The molecule has 0 spiro atoms. The highest BCUT2D eigenvalue weighted by atomic mass is 16.2. The Hall–Kier alpha value is -1.58. The van der Waals surface area contributed by atoms with E-state index in [0.29, 0.717) is 12.5 Å². The van der Waals surface area contributed by atoms with Gasteiger partial charge < -0.3 is 10.6 Å². The van der Waals surface area contributed by atoms with Crippen LogP contribution in [0.1, 0.15) is 26.3 Å². The molecule has 0 saturated heterocycles. The highest BCUT2D eigenvalue weighted by Gasteiger charge is 2.12. The Bertz CT molecular complexity index is 359. The quantitative estimate of drug-likeness (QED) is 0.820. The van der Waals surface area contributed by atoms with Crippen LogP contribution >= 0.6 is 0 Å². The monoisotopic (exact) mass is 235 g/mol. The third-order valence-corrected chi connectivity index (χ3v) is 2.35. The molecular weight excluding hydrogens is 214 g/mol. The van der Waals surface area contributed by atoms with Crippen molar-refractivity contribution in [2.45, 2.75) is 33.7 Å². The molecule has 0 aliphatic carbocycles. The molecule has 0 bridgehead atoms. The maximum absolute atomic E-state index is 11.7. The number of aryl methyl sites for hydroxylation is 1. The first kappa shape index (κ1) is 13.5. The lowest BCUT2D eigenvalue weighted by Gasteiger charge is -2.15. The van der Waals surface area contributed by atoms with Crippen molar-refractivity contribution in [3.63, 3.8) is 0 Å². The lowest BCUT2D eigenvalue weighted by molar-refractivity contribution is -0.121. The summed E-state index contributed by atoms with van der Waals surface area (Å²) in [5.74, 6) is 1.19. The van der Waals surface area contributed by atoms with E-state index in [0.717, 1.165) is 11.4 Å². The molecule has 94 valence electrons. The Balaban J connectivity index is 2.45. The molecule has 17 heavy (non-hydrogen) atoms. The number of nitrogens with one attached hydrogen (secondary N) is 2. The van der Waals surface area contributed by atoms with Gasteiger partial charge in [-0.1, -0.05) is 19.9 Å². The summed E-state index contributed by atoms with van der Waals surface area (Å²) >= 11 is 0. The van der Waals surface area contributed by atoms with Crippen molar-refractivity contribution in [3.05, 3.63) is 23.9 Å². The third-order valence-electron chi connectivity index (χ3n) is 2.35. The van der Waals surface area contributed by atoms with Crippen LogP contribution in [0.15, 0.2) is 18.3 Å². The Kier molecular flexibility index (Phi) is 4.94. The fourth-order valence-electron chi connectivity index (χ4n) is 1.30. The first-order valence-electron chi connectivity index (χ1n) is 5.96. The Morgan fingerprint density at radius 3 is 2.59 bits per heavy atom. The minimum absolute atomic E-state index is 0.000995. The topological polar surface area (TPSA) is 54.0 Å². The summed E-state index contributed by atoms with van der Waals surface area (Å²) in [6.07, 6.45) is 1.78. The van der Waals surface area contributed by atoms with Gasteiger partial charge >= 0.3 is 0 Å². The number of hydrogen-bond acceptors (Lipinski definition) is 3. The number of rotatable bonds is 5. The molecule has 4 heteroatoms. The summed E-state index contributed by atoms with van der Waals surface area (Å²) in [5.41, 5.74) is 1.10. The van der Waals surface area contributed by atoms with E-state index in [-0.39, 0.29) is 11.9 Å². The summed E-state index contributed by atoms with van der Waals surface area (Å²) in [6.45, 7) is 8.65. The standard InChI is InChI=1S/C13H21N3O/c1-9(2)7-15-13(17)11(4)16-12-6-5-10(3)8-14-12/h5-6,8-9,11H,7H2,1-4H3,(H,14,16)(H,15,17). The summed E-state index contributed by atoms with van der Waals surface area (Å²) in [6, 6.07) is 3.57. The molecule has 1 aromatic rings. The van der Waals surface area contributed by atoms with E-state index in [1.807, 2.05) is 26.0 Å². The number of carbonyl (C=O) groups is 1. The number of pyridine rings is 1. The maximum Gasteiger partial charge on any atom is 0.242 e. The molecule has 0 aliphatic heterocycles. The number of carbonyl (C=O) groups excluding carboxylic acids is 1. The van der Waals surface area contributed by atoms with Gasteiger partial charge in [-0.05, 0) is 31.4 Å². The number of hydrogen-bond donors (Lipinski definition) is 2. The Labute approximate surface area is 103 Å². The van der Waals surface area contributed by atoms with Crippen LogP contribution in [0.3, 0.4) is 0 Å². The smallest absolute Gasteiger partial charge is 0.242 e. The van der Waals surface area contributed by atoms with Crippen LogP contribution in [0.4, 0.5) is 5.82 Å². The normalized spacial score (nSPS) is 12.3. The molecule has 4 nitrogen and oxygen atoms in total. The molecular formula is C13H21N3O. The van der Waals surface area contributed by atoms with E-state index in [9.17, 15) is 4.79 Å². The van der Waals surface area contributed by atoms with E-state index in [1.54, 1.807) is 6.20 Å². The molecule has 1 atom stereocenters. The summed E-state index contributed by atoms with van der Waals surface area (Å²) < 4.78 is 0.